The monoisotopic (exact) mass is 461 g/mol. The number of carbonyl (C=O) groups is 2. The quantitative estimate of drug-likeness (QED) is 0.406. The lowest BCUT2D eigenvalue weighted by molar-refractivity contribution is -0.115. The van der Waals surface area contributed by atoms with E-state index >= 15 is 0 Å². The number of para-hydroxylation sites is 1. The number of benzene rings is 3. The smallest absolute Gasteiger partial charge is 0.251 e. The molecule has 3 N–H and O–H groups in total. The number of fused-ring (bicyclic) bond motifs is 4. The largest absolute Gasteiger partial charge is 0.345 e. The van der Waals surface area contributed by atoms with Crippen molar-refractivity contribution in [1.29, 1.82) is 0 Å². The fourth-order valence-electron chi connectivity index (χ4n) is 4.78. The molecule has 0 bridgehead atoms. The molecule has 1 aliphatic heterocycles. The van der Waals surface area contributed by atoms with E-state index in [1.54, 1.807) is 18.3 Å². The van der Waals surface area contributed by atoms with Crippen LogP contribution >= 0.6 is 0 Å². The minimum atomic E-state index is -0.0895. The molecule has 2 aliphatic rings. The van der Waals surface area contributed by atoms with E-state index in [0.29, 0.717) is 11.5 Å². The van der Waals surface area contributed by atoms with Crippen LogP contribution in [0.3, 0.4) is 0 Å². The van der Waals surface area contributed by atoms with Crippen LogP contribution in [-0.4, -0.2) is 21.8 Å². The highest BCUT2D eigenvalue weighted by molar-refractivity contribution is 6.00. The number of nitrogens with one attached hydrogen (secondary N) is 3. The minimum absolute atomic E-state index is 0.0497. The summed E-state index contributed by atoms with van der Waals surface area (Å²) in [5, 5.41) is 9.29. The van der Waals surface area contributed by atoms with Crippen molar-refractivity contribution in [3.8, 4) is 11.3 Å². The maximum atomic E-state index is 12.8. The van der Waals surface area contributed by atoms with Crippen LogP contribution in [0.4, 0.5) is 17.3 Å². The third-order valence-corrected chi connectivity index (χ3v) is 6.51. The Labute approximate surface area is 202 Å². The summed E-state index contributed by atoms with van der Waals surface area (Å²) in [6, 6.07) is 23.2. The normalized spacial score (nSPS) is 15.8. The Bertz CT molecular complexity index is 1450. The van der Waals surface area contributed by atoms with E-state index in [4.69, 9.17) is 4.98 Å². The third-order valence-electron chi connectivity index (χ3n) is 6.51. The van der Waals surface area contributed by atoms with Crippen LogP contribution in [0.15, 0.2) is 79.0 Å². The first-order chi connectivity index (χ1) is 17.1. The Balaban J connectivity index is 1.19. The van der Waals surface area contributed by atoms with E-state index in [9.17, 15) is 9.59 Å². The molecular formula is C28H23N5O2. The minimum Gasteiger partial charge on any atom is -0.345 e. The summed E-state index contributed by atoms with van der Waals surface area (Å²) in [5.41, 5.74) is 6.98. The van der Waals surface area contributed by atoms with Crippen molar-refractivity contribution in [1.82, 2.24) is 15.3 Å². The van der Waals surface area contributed by atoms with Gasteiger partial charge in [0.15, 0.2) is 0 Å². The molecule has 6 rings (SSSR count). The topological polar surface area (TPSA) is 96.0 Å². The molecule has 0 fully saturated rings. The molecule has 1 atom stereocenters. The Hall–Kier alpha value is -4.52. The van der Waals surface area contributed by atoms with Gasteiger partial charge < -0.3 is 16.0 Å². The number of hydrogen-bond acceptors (Lipinski definition) is 5. The number of carbonyl (C=O) groups excluding carboxylic acids is 2. The van der Waals surface area contributed by atoms with Gasteiger partial charge in [-0.3, -0.25) is 9.59 Å². The van der Waals surface area contributed by atoms with Crippen LogP contribution in [0, 0.1) is 0 Å². The van der Waals surface area contributed by atoms with Gasteiger partial charge in [-0.1, -0.05) is 42.5 Å². The number of rotatable bonds is 4. The Morgan fingerprint density at radius 1 is 0.943 bits per heavy atom. The molecule has 0 radical (unpaired) electrons. The number of amides is 2. The average molecular weight is 462 g/mol. The summed E-state index contributed by atoms with van der Waals surface area (Å²) < 4.78 is 0. The van der Waals surface area contributed by atoms with Gasteiger partial charge in [0.2, 0.25) is 11.9 Å². The van der Waals surface area contributed by atoms with Crippen molar-refractivity contribution in [2.24, 2.45) is 0 Å². The Kier molecular flexibility index (Phi) is 5.22. The van der Waals surface area contributed by atoms with E-state index in [1.807, 2.05) is 48.5 Å². The lowest BCUT2D eigenvalue weighted by Crippen LogP contribution is -2.27. The number of anilines is 3. The molecule has 35 heavy (non-hydrogen) atoms. The summed E-state index contributed by atoms with van der Waals surface area (Å²) in [5.74, 6) is 0.247. The molecule has 0 spiro atoms. The zero-order valence-corrected chi connectivity index (χ0v) is 18.9. The summed E-state index contributed by atoms with van der Waals surface area (Å²) in [7, 11) is 0. The van der Waals surface area contributed by atoms with Gasteiger partial charge >= 0.3 is 0 Å². The summed E-state index contributed by atoms with van der Waals surface area (Å²) in [6.45, 7) is 0. The highest BCUT2D eigenvalue weighted by Gasteiger charge is 2.24. The van der Waals surface area contributed by atoms with Gasteiger partial charge in [-0.15, -0.1) is 0 Å². The van der Waals surface area contributed by atoms with Gasteiger partial charge in [0, 0.05) is 28.6 Å². The van der Waals surface area contributed by atoms with Crippen molar-refractivity contribution in [3.05, 3.63) is 101 Å². The number of aryl methyl sites for hydroxylation is 1. The van der Waals surface area contributed by atoms with Gasteiger partial charge in [-0.05, 0) is 54.3 Å². The molecule has 2 amide bonds. The molecule has 3 aromatic carbocycles. The Morgan fingerprint density at radius 3 is 2.63 bits per heavy atom. The van der Waals surface area contributed by atoms with Crippen molar-refractivity contribution >= 4 is 29.1 Å². The number of aromatic nitrogens is 2. The van der Waals surface area contributed by atoms with Crippen LogP contribution in [0.1, 0.15) is 39.5 Å². The average Bonchev–Trinajstić information content (AvgIpc) is 3.22. The number of nitrogens with zero attached hydrogens (tertiary/aromatic N) is 2. The molecule has 7 nitrogen and oxygen atoms in total. The summed E-state index contributed by atoms with van der Waals surface area (Å²) >= 11 is 0. The predicted octanol–water partition coefficient (Wildman–Crippen LogP) is 4.80. The second-order valence-corrected chi connectivity index (χ2v) is 8.80. The maximum Gasteiger partial charge on any atom is 0.251 e. The molecule has 0 saturated heterocycles. The van der Waals surface area contributed by atoms with E-state index < -0.39 is 0 Å². The van der Waals surface area contributed by atoms with Gasteiger partial charge in [0.05, 0.1) is 23.8 Å². The first-order valence-corrected chi connectivity index (χ1v) is 11.6. The van der Waals surface area contributed by atoms with Crippen molar-refractivity contribution < 1.29 is 9.59 Å². The molecule has 7 heteroatoms. The lowest BCUT2D eigenvalue weighted by atomic mass is 10.1. The molecule has 0 saturated carbocycles. The van der Waals surface area contributed by atoms with Crippen molar-refractivity contribution in [2.75, 3.05) is 10.6 Å². The first-order valence-electron chi connectivity index (χ1n) is 11.6. The van der Waals surface area contributed by atoms with E-state index in [2.05, 4.69) is 33.1 Å². The summed E-state index contributed by atoms with van der Waals surface area (Å²) in [4.78, 5) is 34.2. The molecule has 2 heterocycles. The maximum absolute atomic E-state index is 12.8. The Morgan fingerprint density at radius 2 is 1.74 bits per heavy atom. The van der Waals surface area contributed by atoms with Crippen molar-refractivity contribution in [2.45, 2.75) is 25.3 Å². The van der Waals surface area contributed by atoms with Crippen LogP contribution < -0.4 is 16.0 Å². The first kappa shape index (κ1) is 21.0. The van der Waals surface area contributed by atoms with Gasteiger partial charge in [-0.25, -0.2) is 9.97 Å². The van der Waals surface area contributed by atoms with E-state index in [-0.39, 0.29) is 24.3 Å². The highest BCUT2D eigenvalue weighted by Crippen LogP contribution is 2.33. The third kappa shape index (κ3) is 4.12. The van der Waals surface area contributed by atoms with Gasteiger partial charge in [0.1, 0.15) is 0 Å². The second kappa shape index (κ2) is 8.68. The molecule has 172 valence electrons. The fraction of sp³-hybridized carbons (Fsp3) is 0.143. The molecule has 1 aromatic heterocycles. The fourth-order valence-corrected chi connectivity index (χ4v) is 4.78. The molecule has 1 aliphatic carbocycles. The second-order valence-electron chi connectivity index (χ2n) is 8.80. The zero-order valence-electron chi connectivity index (χ0n) is 18.9. The lowest BCUT2D eigenvalue weighted by Gasteiger charge is -2.14. The molecule has 0 unspecified atom stereocenters. The standard InChI is InChI=1S/C28H23N5O2/c34-25-15-19-16-29-28(33-26(19)22-7-3-4-8-23(22)31-25)30-20-12-9-18(10-13-20)27(35)32-24-14-11-17-5-1-2-6-21(17)24/h1-10,12-13,16,24H,11,14-15H2,(H,31,34)(H,32,35)(H,29,30,33)/t24-/m1/s1. The summed E-state index contributed by atoms with van der Waals surface area (Å²) in [6.07, 6.45) is 3.82. The van der Waals surface area contributed by atoms with Crippen LogP contribution in [0.25, 0.3) is 11.3 Å². The molecule has 4 aromatic rings. The van der Waals surface area contributed by atoms with Crippen LogP contribution in [0.2, 0.25) is 0 Å². The predicted molar refractivity (Wildman–Crippen MR) is 134 cm³/mol. The van der Waals surface area contributed by atoms with Crippen molar-refractivity contribution in [3.63, 3.8) is 0 Å². The van der Waals surface area contributed by atoms with E-state index in [1.165, 1.54) is 11.1 Å². The van der Waals surface area contributed by atoms with Crippen LogP contribution in [-0.2, 0) is 17.6 Å². The van der Waals surface area contributed by atoms with E-state index in [0.717, 1.165) is 41.0 Å². The van der Waals surface area contributed by atoms with Crippen LogP contribution in [0.5, 0.6) is 0 Å². The highest BCUT2D eigenvalue weighted by atomic mass is 16.2. The SMILES string of the molecule is O=C1Cc2cnc(Nc3ccc(C(=O)N[C@@H]4CCc5ccccc54)cc3)nc2-c2ccccc2N1. The number of hydrogen-bond donors (Lipinski definition) is 3. The zero-order chi connectivity index (χ0) is 23.8. The van der Waals surface area contributed by atoms with Gasteiger partial charge in [0.25, 0.3) is 5.91 Å². The molecular weight excluding hydrogens is 438 g/mol. The van der Waals surface area contributed by atoms with Gasteiger partial charge in [-0.2, -0.15) is 0 Å².